The normalized spacial score (nSPS) is 32.6. The summed E-state index contributed by atoms with van der Waals surface area (Å²) in [7, 11) is -0.891. The van der Waals surface area contributed by atoms with Gasteiger partial charge in [-0.15, -0.1) is 0 Å². The van der Waals surface area contributed by atoms with Crippen molar-refractivity contribution in [2.45, 2.75) is 185 Å². The van der Waals surface area contributed by atoms with Gasteiger partial charge in [-0.3, -0.25) is 0 Å². The lowest BCUT2D eigenvalue weighted by Crippen LogP contribution is -2.66. The average Bonchev–Trinajstić information content (AvgIpc) is 3.57. The third-order valence-electron chi connectivity index (χ3n) is 15.1. The summed E-state index contributed by atoms with van der Waals surface area (Å²) in [4.78, 5) is 0. The Morgan fingerprint density at radius 3 is 2.11 bits per heavy atom. The van der Waals surface area contributed by atoms with Crippen molar-refractivity contribution in [1.29, 1.82) is 0 Å². The fourth-order valence-corrected chi connectivity index (χ4v) is 16.2. The SMILES string of the molecule is C=C1C[C@H](CCCO[Si](c2ccccc2)(c2ccccc2)C(C)(C)C)O[C@H]1CC[C@H]1C[C@@H](C)C(=C)[C@@H](C[C@@H]2O[C@H]3C[C@H]4OC(C)(C)OCC[C@H]4O[C@H]3[C@H](C)[C@H]2OCc2ccc(OC)cc2)O1. The highest BCUT2D eigenvalue weighted by Crippen LogP contribution is 2.44. The van der Waals surface area contributed by atoms with Gasteiger partial charge in [0.05, 0.1) is 81.4 Å². The molecular weight excluding hydrogens is 845 g/mol. The number of fused-ring (bicyclic) bond motifs is 2. The van der Waals surface area contributed by atoms with Crippen LogP contribution in [0.1, 0.15) is 112 Å². The minimum absolute atomic E-state index is 0.0296. The van der Waals surface area contributed by atoms with Crippen LogP contribution in [0.2, 0.25) is 5.04 Å². The number of methoxy groups -OCH3 is 1. The van der Waals surface area contributed by atoms with Crippen LogP contribution < -0.4 is 15.1 Å². The second-order valence-corrected chi connectivity index (χ2v) is 25.6. The quantitative estimate of drug-likeness (QED) is 0.0793. The Labute approximate surface area is 397 Å². The van der Waals surface area contributed by atoms with Gasteiger partial charge in [0, 0.05) is 25.4 Å². The first kappa shape index (κ1) is 49.3. The van der Waals surface area contributed by atoms with Gasteiger partial charge in [-0.25, -0.2) is 0 Å². The van der Waals surface area contributed by atoms with E-state index in [2.05, 4.69) is 121 Å². The summed E-state index contributed by atoms with van der Waals surface area (Å²) < 4.78 is 59.8. The Hall–Kier alpha value is -3.16. The molecule has 5 aliphatic heterocycles. The van der Waals surface area contributed by atoms with Crippen molar-refractivity contribution in [2.75, 3.05) is 20.3 Å². The average molecular weight is 923 g/mol. The van der Waals surface area contributed by atoms with E-state index in [0.717, 1.165) is 68.3 Å². The monoisotopic (exact) mass is 923 g/mol. The van der Waals surface area contributed by atoms with Crippen LogP contribution in [0.3, 0.4) is 0 Å². The molecule has 5 heterocycles. The summed E-state index contributed by atoms with van der Waals surface area (Å²) >= 11 is 0. The molecule has 0 aromatic heterocycles. The fourth-order valence-electron chi connectivity index (χ4n) is 11.6. The summed E-state index contributed by atoms with van der Waals surface area (Å²) in [6, 6.07) is 29.9. The summed E-state index contributed by atoms with van der Waals surface area (Å²) in [5.74, 6) is 0.551. The minimum Gasteiger partial charge on any atom is -0.497 e. The molecule has 5 aliphatic rings. The molecule has 10 heteroatoms. The molecule has 3 aromatic rings. The standard InChI is InChI=1S/C56H78O9Si/c1-37-32-44(27-28-47-38(2)33-43(61-47)18-17-30-60-66(55(5,6)7,45-19-13-11-14-20-45)46-21-15-12-16-22-46)62-49(39(37)3)34-51-53(58-36-41-23-25-42(57-10)26-24-41)40(4)54-52(63-51)35-50-48(64-54)29-31-59-56(8,9)65-50/h11-16,19-26,37,40,43-44,47-54H,2-3,17-18,27-36H2,1,4-10H3/t37-,40-,43+,44+,47+,48-,49-,50-,51+,52+,53-,54+/m1/s1. The smallest absolute Gasteiger partial charge is 0.261 e. The van der Waals surface area contributed by atoms with Gasteiger partial charge in [0.25, 0.3) is 8.32 Å². The van der Waals surface area contributed by atoms with Crippen LogP contribution in [0.4, 0.5) is 0 Å². The van der Waals surface area contributed by atoms with E-state index in [-0.39, 0.29) is 72.0 Å². The van der Waals surface area contributed by atoms with E-state index in [1.807, 2.05) is 26.0 Å². The third kappa shape index (κ3) is 11.1. The highest BCUT2D eigenvalue weighted by atomic mass is 28.4. The van der Waals surface area contributed by atoms with Gasteiger partial charge >= 0.3 is 0 Å². The van der Waals surface area contributed by atoms with Gasteiger partial charge in [-0.05, 0) is 109 Å². The zero-order valence-corrected chi connectivity index (χ0v) is 42.1. The van der Waals surface area contributed by atoms with Gasteiger partial charge in [0.1, 0.15) is 5.75 Å². The second kappa shape index (κ2) is 21.2. The van der Waals surface area contributed by atoms with Crippen LogP contribution in [-0.2, 0) is 44.2 Å². The van der Waals surface area contributed by atoms with E-state index < -0.39 is 14.1 Å². The molecule has 360 valence electrons. The van der Waals surface area contributed by atoms with E-state index >= 15 is 0 Å². The maximum absolute atomic E-state index is 7.20. The molecule has 12 atom stereocenters. The van der Waals surface area contributed by atoms with Crippen molar-refractivity contribution in [2.24, 2.45) is 11.8 Å². The Morgan fingerprint density at radius 2 is 1.44 bits per heavy atom. The maximum atomic E-state index is 7.20. The highest BCUT2D eigenvalue weighted by Gasteiger charge is 2.53. The van der Waals surface area contributed by atoms with Gasteiger partial charge in [-0.1, -0.05) is 121 Å². The van der Waals surface area contributed by atoms with E-state index in [1.54, 1.807) is 7.11 Å². The molecule has 5 saturated heterocycles. The molecule has 0 N–H and O–H groups in total. The van der Waals surface area contributed by atoms with Crippen LogP contribution in [-0.4, -0.2) is 95.5 Å². The predicted molar refractivity (Wildman–Crippen MR) is 263 cm³/mol. The summed E-state index contributed by atoms with van der Waals surface area (Å²) in [6.07, 6.45) is 6.96. The molecule has 8 rings (SSSR count). The van der Waals surface area contributed by atoms with E-state index in [0.29, 0.717) is 32.2 Å². The summed E-state index contributed by atoms with van der Waals surface area (Å²) in [5.41, 5.74) is 3.41. The van der Waals surface area contributed by atoms with Crippen LogP contribution >= 0.6 is 0 Å². The summed E-state index contributed by atoms with van der Waals surface area (Å²) in [5, 5.41) is 2.58. The Kier molecular flexibility index (Phi) is 15.8. The second-order valence-electron chi connectivity index (χ2n) is 21.3. The molecule has 0 amide bonds. The molecule has 0 saturated carbocycles. The van der Waals surface area contributed by atoms with Gasteiger partial charge in [0.2, 0.25) is 0 Å². The molecule has 5 fully saturated rings. The Balaban J connectivity index is 0.883. The lowest BCUT2D eigenvalue weighted by Gasteiger charge is -2.52. The molecule has 3 aromatic carbocycles. The first-order chi connectivity index (χ1) is 31.6. The number of hydrogen-bond donors (Lipinski definition) is 0. The molecular formula is C56H78O9Si. The van der Waals surface area contributed by atoms with Crippen molar-refractivity contribution in [3.8, 4) is 5.75 Å². The van der Waals surface area contributed by atoms with Crippen LogP contribution in [0.15, 0.2) is 109 Å². The number of hydrogen-bond acceptors (Lipinski definition) is 9. The summed E-state index contributed by atoms with van der Waals surface area (Å²) in [6.45, 7) is 26.4. The first-order valence-electron chi connectivity index (χ1n) is 24.9. The topological polar surface area (TPSA) is 83.1 Å². The number of ether oxygens (including phenoxy) is 8. The van der Waals surface area contributed by atoms with Crippen LogP contribution in [0.5, 0.6) is 5.75 Å². The molecule has 0 bridgehead atoms. The fraction of sp³-hybridized carbons (Fsp3) is 0.607. The van der Waals surface area contributed by atoms with E-state index in [9.17, 15) is 0 Å². The molecule has 66 heavy (non-hydrogen) atoms. The molecule has 0 aliphatic carbocycles. The zero-order chi connectivity index (χ0) is 46.6. The van der Waals surface area contributed by atoms with Crippen molar-refractivity contribution in [3.05, 3.63) is 115 Å². The lowest BCUT2D eigenvalue weighted by atomic mass is 9.79. The molecule has 0 spiro atoms. The first-order valence-corrected chi connectivity index (χ1v) is 26.8. The largest absolute Gasteiger partial charge is 0.497 e. The third-order valence-corrected chi connectivity index (χ3v) is 20.2. The van der Waals surface area contributed by atoms with Crippen LogP contribution in [0.25, 0.3) is 0 Å². The Bertz CT molecular complexity index is 2000. The lowest BCUT2D eigenvalue weighted by molar-refractivity contribution is -0.299. The van der Waals surface area contributed by atoms with E-state index in [1.165, 1.54) is 15.9 Å². The Morgan fingerprint density at radius 1 is 0.758 bits per heavy atom. The zero-order valence-electron chi connectivity index (χ0n) is 41.1. The molecule has 9 nitrogen and oxygen atoms in total. The number of rotatable bonds is 16. The predicted octanol–water partition coefficient (Wildman–Crippen LogP) is 10.3. The minimum atomic E-state index is -2.58. The maximum Gasteiger partial charge on any atom is 0.261 e. The highest BCUT2D eigenvalue weighted by molar-refractivity contribution is 6.99. The van der Waals surface area contributed by atoms with Crippen LogP contribution in [0, 0.1) is 11.8 Å². The van der Waals surface area contributed by atoms with Gasteiger partial charge in [-0.2, -0.15) is 0 Å². The van der Waals surface area contributed by atoms with E-state index in [4.69, 9.17) is 42.3 Å². The van der Waals surface area contributed by atoms with Crippen molar-refractivity contribution >= 4 is 18.7 Å². The molecule has 0 unspecified atom stereocenters. The van der Waals surface area contributed by atoms with Gasteiger partial charge < -0.3 is 42.3 Å². The molecule has 0 radical (unpaired) electrons. The van der Waals surface area contributed by atoms with Crippen molar-refractivity contribution in [1.82, 2.24) is 0 Å². The number of benzene rings is 3. The van der Waals surface area contributed by atoms with Gasteiger partial charge in [0.15, 0.2) is 5.79 Å². The van der Waals surface area contributed by atoms with Crippen molar-refractivity contribution in [3.63, 3.8) is 0 Å². The van der Waals surface area contributed by atoms with Crippen molar-refractivity contribution < 1.29 is 42.3 Å².